The van der Waals surface area contributed by atoms with E-state index in [9.17, 15) is 23.3 Å². The first-order chi connectivity index (χ1) is 12.6. The molecule has 0 amide bonds. The Bertz CT molecular complexity index is 1200. The number of hydrogen-bond acceptors (Lipinski definition) is 6. The van der Waals surface area contributed by atoms with Gasteiger partial charge in [-0.3, -0.25) is 14.8 Å². The number of fused-ring (bicyclic) bond motifs is 1. The number of anilines is 1. The molecule has 1 aromatic heterocycles. The molecule has 1 heterocycles. The highest BCUT2D eigenvalue weighted by Crippen LogP contribution is 2.37. The lowest BCUT2D eigenvalue weighted by molar-refractivity contribution is -0.383. The molecule has 0 aliphatic heterocycles. The number of halogens is 1. The zero-order valence-corrected chi connectivity index (χ0v) is 16.0. The van der Waals surface area contributed by atoms with E-state index in [1.165, 1.54) is 0 Å². The van der Waals surface area contributed by atoms with Gasteiger partial charge in [-0.1, -0.05) is 11.6 Å². The summed E-state index contributed by atoms with van der Waals surface area (Å²) in [4.78, 5) is 21.4. The molecule has 0 bridgehead atoms. The summed E-state index contributed by atoms with van der Waals surface area (Å²) in [6.07, 6.45) is 0. The molecule has 27 heavy (non-hydrogen) atoms. The predicted molar refractivity (Wildman–Crippen MR) is 102 cm³/mol. The number of nitrogens with zero attached hydrogens (tertiary/aromatic N) is 1. The fourth-order valence-corrected chi connectivity index (χ4v) is 5.51. The fourth-order valence-electron chi connectivity index (χ4n) is 2.52. The molecule has 0 atom stereocenters. The number of nitro benzene ring substituents is 1. The number of sulfonamides is 1. The number of carboxylic acid groups (broad SMARTS) is 1. The Hall–Kier alpha value is -2.69. The summed E-state index contributed by atoms with van der Waals surface area (Å²) in [6.45, 7) is 1.62. The molecule has 3 rings (SSSR count). The van der Waals surface area contributed by atoms with Crippen molar-refractivity contribution < 1.29 is 23.2 Å². The van der Waals surface area contributed by atoms with Gasteiger partial charge in [-0.05, 0) is 48.2 Å². The van der Waals surface area contributed by atoms with Crippen molar-refractivity contribution in [1.29, 1.82) is 0 Å². The molecule has 0 unspecified atom stereocenters. The Morgan fingerprint density at radius 1 is 1.26 bits per heavy atom. The molecule has 2 N–H and O–H groups in total. The number of thiophene rings is 1. The lowest BCUT2D eigenvalue weighted by Gasteiger charge is -2.08. The number of nitrogens with one attached hydrogen (secondary N) is 1. The minimum Gasteiger partial charge on any atom is -0.478 e. The van der Waals surface area contributed by atoms with Gasteiger partial charge in [0.15, 0.2) is 0 Å². The molecule has 3 aromatic rings. The molecule has 11 heteroatoms. The van der Waals surface area contributed by atoms with Crippen LogP contribution < -0.4 is 4.72 Å². The molecule has 0 saturated carbocycles. The first-order valence-corrected chi connectivity index (χ1v) is 10.0. The van der Waals surface area contributed by atoms with Crippen LogP contribution in [0.1, 0.15) is 15.9 Å². The Kier molecular flexibility index (Phi) is 4.81. The van der Waals surface area contributed by atoms with E-state index in [4.69, 9.17) is 16.7 Å². The summed E-state index contributed by atoms with van der Waals surface area (Å²) in [5.74, 6) is -1.36. The molecular formula is C16H11ClN2O6S2. The summed E-state index contributed by atoms with van der Waals surface area (Å²) in [7, 11) is -4.13. The maximum atomic E-state index is 12.8. The van der Waals surface area contributed by atoms with Crippen molar-refractivity contribution in [2.45, 2.75) is 11.1 Å². The average Bonchev–Trinajstić information content (AvgIpc) is 2.92. The number of carboxylic acids is 1. The van der Waals surface area contributed by atoms with Gasteiger partial charge in [0, 0.05) is 15.8 Å². The number of nitro groups is 1. The number of benzene rings is 2. The number of aromatic carboxylic acids is 1. The van der Waals surface area contributed by atoms with Crippen LogP contribution in [0.5, 0.6) is 0 Å². The third-order valence-corrected chi connectivity index (χ3v) is 7.28. The maximum Gasteiger partial charge on any atom is 0.335 e. The topological polar surface area (TPSA) is 127 Å². The van der Waals surface area contributed by atoms with E-state index in [-0.39, 0.29) is 15.5 Å². The standard InChI is InChI=1S/C16H11ClN2O6S2/c1-8-11-7-10(17)3-5-14(11)26-16(8)27(24,25)18-12-4-2-9(15(20)21)6-13(12)19(22)23/h2-7,18H,1H3,(H,20,21). The largest absolute Gasteiger partial charge is 0.478 e. The second kappa shape index (κ2) is 6.80. The van der Waals surface area contributed by atoms with Crippen molar-refractivity contribution in [2.24, 2.45) is 0 Å². The van der Waals surface area contributed by atoms with E-state index in [1.54, 1.807) is 25.1 Å². The highest BCUT2D eigenvalue weighted by atomic mass is 35.5. The summed E-state index contributed by atoms with van der Waals surface area (Å²) >= 11 is 6.96. The predicted octanol–water partition coefficient (Wildman–Crippen LogP) is 4.27. The normalized spacial score (nSPS) is 11.5. The van der Waals surface area contributed by atoms with Crippen molar-refractivity contribution >= 4 is 60.4 Å². The highest BCUT2D eigenvalue weighted by molar-refractivity contribution is 7.95. The number of rotatable bonds is 5. The van der Waals surface area contributed by atoms with Crippen LogP contribution in [0, 0.1) is 17.0 Å². The summed E-state index contributed by atoms with van der Waals surface area (Å²) < 4.78 is 28.5. The van der Waals surface area contributed by atoms with Crippen LogP contribution >= 0.6 is 22.9 Å². The van der Waals surface area contributed by atoms with Crippen LogP contribution in [0.15, 0.2) is 40.6 Å². The monoisotopic (exact) mass is 426 g/mol. The fraction of sp³-hybridized carbons (Fsp3) is 0.0625. The van der Waals surface area contributed by atoms with Gasteiger partial charge in [0.05, 0.1) is 10.5 Å². The van der Waals surface area contributed by atoms with Gasteiger partial charge in [-0.15, -0.1) is 11.3 Å². The highest BCUT2D eigenvalue weighted by Gasteiger charge is 2.26. The zero-order valence-electron chi connectivity index (χ0n) is 13.6. The molecule has 0 spiro atoms. The zero-order chi connectivity index (χ0) is 19.9. The molecule has 0 aliphatic rings. The molecule has 2 aromatic carbocycles. The van der Waals surface area contributed by atoms with Crippen LogP contribution in [-0.4, -0.2) is 24.4 Å². The van der Waals surface area contributed by atoms with Gasteiger partial charge in [-0.25, -0.2) is 13.2 Å². The second-order valence-electron chi connectivity index (χ2n) is 5.55. The van der Waals surface area contributed by atoms with E-state index in [0.29, 0.717) is 20.7 Å². The minimum absolute atomic E-state index is 0.00336. The van der Waals surface area contributed by atoms with Gasteiger partial charge in [0.1, 0.15) is 9.90 Å². The van der Waals surface area contributed by atoms with Crippen LogP contribution in [0.3, 0.4) is 0 Å². The molecule has 8 nitrogen and oxygen atoms in total. The van der Waals surface area contributed by atoms with Crippen LogP contribution in [0.2, 0.25) is 5.02 Å². The summed E-state index contributed by atoms with van der Waals surface area (Å²) in [5.41, 5.74) is -0.827. The first kappa shape index (κ1) is 19.1. The smallest absolute Gasteiger partial charge is 0.335 e. The molecule has 140 valence electrons. The van der Waals surface area contributed by atoms with Crippen molar-refractivity contribution in [1.82, 2.24) is 0 Å². The van der Waals surface area contributed by atoms with Crippen molar-refractivity contribution in [3.8, 4) is 0 Å². The quantitative estimate of drug-likeness (QED) is 0.463. The average molecular weight is 427 g/mol. The Morgan fingerprint density at radius 3 is 2.59 bits per heavy atom. The molecule has 0 fully saturated rings. The van der Waals surface area contributed by atoms with E-state index < -0.39 is 26.6 Å². The molecule has 0 aliphatic carbocycles. The van der Waals surface area contributed by atoms with Crippen LogP contribution in [-0.2, 0) is 10.0 Å². The van der Waals surface area contributed by atoms with Gasteiger partial charge in [0.25, 0.3) is 15.7 Å². The van der Waals surface area contributed by atoms with Gasteiger partial charge in [0.2, 0.25) is 0 Å². The van der Waals surface area contributed by atoms with Crippen molar-refractivity contribution in [3.63, 3.8) is 0 Å². The number of hydrogen-bond donors (Lipinski definition) is 2. The number of aryl methyl sites for hydroxylation is 1. The summed E-state index contributed by atoms with van der Waals surface area (Å²) in [5, 5.41) is 21.3. The van der Waals surface area contributed by atoms with E-state index in [2.05, 4.69) is 4.72 Å². The molecular weight excluding hydrogens is 416 g/mol. The van der Waals surface area contributed by atoms with Gasteiger partial charge in [-0.2, -0.15) is 0 Å². The lowest BCUT2D eigenvalue weighted by Crippen LogP contribution is -2.14. The Morgan fingerprint density at radius 2 is 1.96 bits per heavy atom. The van der Waals surface area contributed by atoms with Crippen molar-refractivity contribution in [2.75, 3.05) is 4.72 Å². The van der Waals surface area contributed by atoms with Crippen molar-refractivity contribution in [3.05, 3.63) is 62.7 Å². The van der Waals surface area contributed by atoms with E-state index in [1.807, 2.05) is 0 Å². The molecule has 0 radical (unpaired) electrons. The third kappa shape index (κ3) is 3.59. The van der Waals surface area contributed by atoms with E-state index >= 15 is 0 Å². The van der Waals surface area contributed by atoms with Gasteiger partial charge >= 0.3 is 5.97 Å². The lowest BCUT2D eigenvalue weighted by atomic mass is 10.2. The SMILES string of the molecule is Cc1c(S(=O)(=O)Nc2ccc(C(=O)O)cc2[N+](=O)[O-])sc2ccc(Cl)cc12. The molecule has 0 saturated heterocycles. The maximum absolute atomic E-state index is 12.8. The van der Waals surface area contributed by atoms with Gasteiger partial charge < -0.3 is 5.11 Å². The van der Waals surface area contributed by atoms with Crippen LogP contribution in [0.25, 0.3) is 10.1 Å². The first-order valence-electron chi connectivity index (χ1n) is 7.33. The Balaban J connectivity index is 2.09. The van der Waals surface area contributed by atoms with E-state index in [0.717, 1.165) is 29.5 Å². The number of carbonyl (C=O) groups is 1. The summed E-state index contributed by atoms with van der Waals surface area (Å²) in [6, 6.07) is 7.92. The Labute approximate surface area is 162 Å². The minimum atomic E-state index is -4.13. The van der Waals surface area contributed by atoms with Crippen LogP contribution in [0.4, 0.5) is 11.4 Å². The third-order valence-electron chi connectivity index (χ3n) is 3.78. The second-order valence-corrected chi connectivity index (χ2v) is 8.92.